The second kappa shape index (κ2) is 7.63. The van der Waals surface area contributed by atoms with Crippen molar-refractivity contribution in [1.82, 2.24) is 20.4 Å². The van der Waals surface area contributed by atoms with E-state index in [2.05, 4.69) is 25.5 Å². The van der Waals surface area contributed by atoms with E-state index in [0.29, 0.717) is 16.8 Å². The number of carbonyl (C=O) groups excluding carboxylic acids is 1. The summed E-state index contributed by atoms with van der Waals surface area (Å²) >= 11 is 0. The molecule has 8 nitrogen and oxygen atoms in total. The van der Waals surface area contributed by atoms with Gasteiger partial charge < -0.3 is 5.11 Å². The number of hydrogen-bond donors (Lipinski definition) is 2. The van der Waals surface area contributed by atoms with Crippen molar-refractivity contribution in [2.45, 2.75) is 0 Å². The van der Waals surface area contributed by atoms with Crippen LogP contribution in [0, 0.1) is 11.3 Å². The summed E-state index contributed by atoms with van der Waals surface area (Å²) < 4.78 is 0. The number of aromatic nitrogens is 3. The number of nitrogens with zero attached hydrogens (tertiary/aromatic N) is 5. The molecule has 0 spiro atoms. The minimum absolute atomic E-state index is 0.118. The van der Waals surface area contributed by atoms with Crippen LogP contribution >= 0.6 is 0 Å². The normalized spacial score (nSPS) is 10.4. The molecule has 8 heteroatoms. The highest BCUT2D eigenvalue weighted by Crippen LogP contribution is 2.18. The summed E-state index contributed by atoms with van der Waals surface area (Å²) in [7, 11) is 0. The van der Waals surface area contributed by atoms with E-state index in [4.69, 9.17) is 5.26 Å². The molecule has 2 N–H and O–H groups in total. The number of hydrogen-bond acceptors (Lipinski definition) is 7. The Labute approximate surface area is 148 Å². The average molecular weight is 344 g/mol. The summed E-state index contributed by atoms with van der Waals surface area (Å²) in [5, 5.41) is 22.6. The van der Waals surface area contributed by atoms with Crippen LogP contribution in [0.3, 0.4) is 0 Å². The topological polar surface area (TPSA) is 124 Å². The number of aromatic hydroxyl groups is 1. The highest BCUT2D eigenvalue weighted by Gasteiger charge is 2.14. The van der Waals surface area contributed by atoms with Gasteiger partial charge in [-0.15, -0.1) is 0 Å². The molecule has 0 saturated heterocycles. The molecule has 26 heavy (non-hydrogen) atoms. The van der Waals surface area contributed by atoms with Crippen molar-refractivity contribution in [1.29, 1.82) is 5.26 Å². The van der Waals surface area contributed by atoms with Crippen LogP contribution in [-0.2, 0) is 0 Å². The van der Waals surface area contributed by atoms with Crippen LogP contribution in [0.5, 0.6) is 5.88 Å². The summed E-state index contributed by atoms with van der Waals surface area (Å²) in [4.78, 5) is 24.1. The molecule has 0 radical (unpaired) electrons. The molecule has 0 unspecified atom stereocenters. The van der Waals surface area contributed by atoms with Crippen molar-refractivity contribution in [3.05, 3.63) is 71.5 Å². The van der Waals surface area contributed by atoms with E-state index in [-0.39, 0.29) is 11.4 Å². The maximum Gasteiger partial charge on any atom is 0.278 e. The molecule has 0 aliphatic heterocycles. The van der Waals surface area contributed by atoms with E-state index in [1.54, 1.807) is 48.7 Å². The Balaban J connectivity index is 1.72. The summed E-state index contributed by atoms with van der Waals surface area (Å²) in [5.74, 6) is -0.931. The third-order valence-electron chi connectivity index (χ3n) is 3.30. The van der Waals surface area contributed by atoms with E-state index in [0.717, 1.165) is 0 Å². The van der Waals surface area contributed by atoms with Gasteiger partial charge in [0.05, 0.1) is 17.8 Å². The van der Waals surface area contributed by atoms with Gasteiger partial charge >= 0.3 is 0 Å². The summed E-state index contributed by atoms with van der Waals surface area (Å²) in [5.41, 5.74) is 3.77. The number of carbonyl (C=O) groups is 1. The SMILES string of the molecule is N#Cc1cccc(/C=N/NC(=O)c2cnc(-c3ccccn3)nc2O)c1. The van der Waals surface area contributed by atoms with Crippen LogP contribution in [0.2, 0.25) is 0 Å². The van der Waals surface area contributed by atoms with Crippen molar-refractivity contribution >= 4 is 12.1 Å². The Morgan fingerprint density at radius 1 is 1.23 bits per heavy atom. The third-order valence-corrected chi connectivity index (χ3v) is 3.30. The van der Waals surface area contributed by atoms with E-state index >= 15 is 0 Å². The lowest BCUT2D eigenvalue weighted by Crippen LogP contribution is -2.18. The smallest absolute Gasteiger partial charge is 0.278 e. The standard InChI is InChI=1S/C18H12N6O2/c19-9-12-4-3-5-13(8-12)10-22-24-18(26)14-11-21-16(23-17(14)25)15-6-1-2-7-20-15/h1-8,10-11H,(H,24,26)(H,21,23,25)/b22-10+. The quantitative estimate of drug-likeness (QED) is 0.550. The molecule has 0 aliphatic rings. The molecule has 0 atom stereocenters. The van der Waals surface area contributed by atoms with E-state index < -0.39 is 11.8 Å². The maximum absolute atomic E-state index is 12.1. The van der Waals surface area contributed by atoms with E-state index in [1.165, 1.54) is 12.4 Å². The highest BCUT2D eigenvalue weighted by atomic mass is 16.3. The Hall–Kier alpha value is -4.12. The zero-order chi connectivity index (χ0) is 18.4. The second-order valence-corrected chi connectivity index (χ2v) is 5.08. The molecule has 0 aliphatic carbocycles. The fourth-order valence-corrected chi connectivity index (χ4v) is 2.07. The van der Waals surface area contributed by atoms with Gasteiger partial charge in [0.15, 0.2) is 5.82 Å². The minimum atomic E-state index is -0.664. The third kappa shape index (κ3) is 3.85. The highest BCUT2D eigenvalue weighted by molar-refractivity contribution is 5.96. The molecule has 126 valence electrons. The Morgan fingerprint density at radius 3 is 2.85 bits per heavy atom. The van der Waals surface area contributed by atoms with Gasteiger partial charge in [-0.2, -0.15) is 15.3 Å². The Bertz CT molecular complexity index is 1010. The van der Waals surface area contributed by atoms with Crippen LogP contribution in [0.25, 0.3) is 11.5 Å². The van der Waals surface area contributed by atoms with Gasteiger partial charge in [-0.3, -0.25) is 9.78 Å². The Morgan fingerprint density at radius 2 is 2.12 bits per heavy atom. The van der Waals surface area contributed by atoms with Gasteiger partial charge in [-0.1, -0.05) is 18.2 Å². The van der Waals surface area contributed by atoms with Gasteiger partial charge in [0.1, 0.15) is 11.3 Å². The van der Waals surface area contributed by atoms with E-state index in [9.17, 15) is 9.90 Å². The van der Waals surface area contributed by atoms with Crippen molar-refractivity contribution in [3.63, 3.8) is 0 Å². The van der Waals surface area contributed by atoms with Crippen LogP contribution < -0.4 is 5.43 Å². The van der Waals surface area contributed by atoms with Crippen molar-refractivity contribution in [2.24, 2.45) is 5.10 Å². The molecular formula is C18H12N6O2. The Kier molecular flexibility index (Phi) is 4.91. The van der Waals surface area contributed by atoms with Gasteiger partial charge in [0, 0.05) is 12.4 Å². The zero-order valence-corrected chi connectivity index (χ0v) is 13.4. The summed E-state index contributed by atoms with van der Waals surface area (Å²) in [6.45, 7) is 0. The predicted octanol–water partition coefficient (Wildman–Crippen LogP) is 1.88. The molecule has 2 heterocycles. The molecular weight excluding hydrogens is 332 g/mol. The zero-order valence-electron chi connectivity index (χ0n) is 13.4. The summed E-state index contributed by atoms with van der Waals surface area (Å²) in [6, 6.07) is 13.9. The summed E-state index contributed by atoms with van der Waals surface area (Å²) in [6.07, 6.45) is 4.17. The van der Waals surface area contributed by atoms with Gasteiger partial charge in [-0.25, -0.2) is 10.4 Å². The predicted molar refractivity (Wildman–Crippen MR) is 93.1 cm³/mol. The van der Waals surface area contributed by atoms with Crippen LogP contribution in [0.4, 0.5) is 0 Å². The first kappa shape index (κ1) is 16.7. The lowest BCUT2D eigenvalue weighted by molar-refractivity contribution is 0.0951. The number of nitriles is 1. The van der Waals surface area contributed by atoms with Crippen LogP contribution in [0.1, 0.15) is 21.5 Å². The van der Waals surface area contributed by atoms with Gasteiger partial charge in [0.2, 0.25) is 5.88 Å². The van der Waals surface area contributed by atoms with Crippen LogP contribution in [-0.4, -0.2) is 32.2 Å². The van der Waals surface area contributed by atoms with Gasteiger partial charge in [0.25, 0.3) is 5.91 Å². The second-order valence-electron chi connectivity index (χ2n) is 5.08. The van der Waals surface area contributed by atoms with E-state index in [1.807, 2.05) is 6.07 Å². The molecule has 0 fully saturated rings. The molecule has 0 bridgehead atoms. The molecule has 1 amide bonds. The number of amides is 1. The molecule has 1 aromatic carbocycles. The van der Waals surface area contributed by atoms with Crippen molar-refractivity contribution in [2.75, 3.05) is 0 Å². The van der Waals surface area contributed by atoms with Crippen molar-refractivity contribution in [3.8, 4) is 23.5 Å². The number of hydrazone groups is 1. The lowest BCUT2D eigenvalue weighted by atomic mass is 10.1. The molecule has 3 aromatic rings. The fourth-order valence-electron chi connectivity index (χ4n) is 2.07. The minimum Gasteiger partial charge on any atom is -0.493 e. The number of nitrogens with one attached hydrogen (secondary N) is 1. The van der Waals surface area contributed by atoms with Crippen LogP contribution in [0.15, 0.2) is 60.0 Å². The van der Waals surface area contributed by atoms with Crippen molar-refractivity contribution < 1.29 is 9.90 Å². The number of benzene rings is 1. The fraction of sp³-hybridized carbons (Fsp3) is 0. The first-order valence-electron chi connectivity index (χ1n) is 7.48. The monoisotopic (exact) mass is 344 g/mol. The number of rotatable bonds is 4. The first-order chi connectivity index (χ1) is 12.7. The number of pyridine rings is 1. The first-order valence-corrected chi connectivity index (χ1v) is 7.48. The maximum atomic E-state index is 12.1. The molecule has 2 aromatic heterocycles. The lowest BCUT2D eigenvalue weighted by Gasteiger charge is -2.04. The molecule has 3 rings (SSSR count). The molecule has 0 saturated carbocycles. The van der Waals surface area contributed by atoms with Gasteiger partial charge in [-0.05, 0) is 29.8 Å². The average Bonchev–Trinajstić information content (AvgIpc) is 2.68. The largest absolute Gasteiger partial charge is 0.493 e.